The second-order valence-electron chi connectivity index (χ2n) is 7.12. The van der Waals surface area contributed by atoms with E-state index in [2.05, 4.69) is 16.3 Å². The highest BCUT2D eigenvalue weighted by Gasteiger charge is 2.29. The molecular weight excluding hydrogens is 366 g/mol. The number of nitrogens with zero attached hydrogens (tertiary/aromatic N) is 3. The van der Waals surface area contributed by atoms with E-state index in [1.54, 1.807) is 4.90 Å². The van der Waals surface area contributed by atoms with Crippen molar-refractivity contribution >= 4 is 17.7 Å². The highest BCUT2D eigenvalue weighted by Crippen LogP contribution is 2.46. The average Bonchev–Trinajstić information content (AvgIpc) is 3.51. The molecule has 0 N–H and O–H groups in total. The van der Waals surface area contributed by atoms with Gasteiger partial charge in [-0.2, -0.15) is 0 Å². The Labute approximate surface area is 163 Å². The Balaban J connectivity index is 1.59. The number of amides is 1. The molecule has 1 aliphatic heterocycles. The number of rotatable bonds is 4. The molecule has 2 aromatic rings. The van der Waals surface area contributed by atoms with Crippen LogP contribution in [0.3, 0.4) is 0 Å². The molecule has 6 nitrogen and oxygen atoms in total. The van der Waals surface area contributed by atoms with Crippen LogP contribution in [0.5, 0.6) is 17.4 Å². The molecule has 7 heteroatoms. The van der Waals surface area contributed by atoms with Crippen LogP contribution in [0.15, 0.2) is 24.3 Å². The number of benzene rings is 1. The van der Waals surface area contributed by atoms with Gasteiger partial charge in [0.15, 0.2) is 10.9 Å². The van der Waals surface area contributed by atoms with Crippen molar-refractivity contribution in [3.8, 4) is 17.4 Å². The zero-order valence-corrected chi connectivity index (χ0v) is 16.0. The van der Waals surface area contributed by atoms with Gasteiger partial charge in [-0.1, -0.05) is 29.8 Å². The molecule has 0 atom stereocenters. The third-order valence-corrected chi connectivity index (χ3v) is 5.15. The number of halogens is 1. The third-order valence-electron chi connectivity index (χ3n) is 4.97. The van der Waals surface area contributed by atoms with E-state index in [1.807, 2.05) is 19.1 Å². The van der Waals surface area contributed by atoms with Crippen LogP contribution >= 0.6 is 11.6 Å². The number of piperidine rings is 1. The fourth-order valence-corrected chi connectivity index (χ4v) is 3.48. The average molecular weight is 388 g/mol. The molecule has 27 heavy (non-hydrogen) atoms. The zero-order valence-electron chi connectivity index (χ0n) is 15.3. The van der Waals surface area contributed by atoms with Gasteiger partial charge in [0.05, 0.1) is 0 Å². The molecule has 1 aromatic heterocycles. The number of carbonyl (C=O) groups is 1. The summed E-state index contributed by atoms with van der Waals surface area (Å²) in [5.74, 6) is 1.61. The molecule has 142 valence electrons. The second kappa shape index (κ2) is 7.72. The van der Waals surface area contributed by atoms with Gasteiger partial charge in [-0.3, -0.25) is 0 Å². The molecular formula is C20H22ClN3O3. The van der Waals surface area contributed by atoms with Gasteiger partial charge >= 0.3 is 6.09 Å². The second-order valence-corrected chi connectivity index (χ2v) is 7.51. The smallest absolute Gasteiger partial charge is 0.415 e. The Morgan fingerprint density at radius 3 is 2.70 bits per heavy atom. The van der Waals surface area contributed by atoms with Crippen molar-refractivity contribution < 1.29 is 14.3 Å². The van der Waals surface area contributed by atoms with E-state index in [0.29, 0.717) is 19.0 Å². The van der Waals surface area contributed by atoms with Crippen molar-refractivity contribution in [3.63, 3.8) is 0 Å². The first-order chi connectivity index (χ1) is 13.1. The SMILES string of the molecule is Cc1cccc(C2CC2)c1Oc1nnc(Cl)cc1OC(=O)N1CCCCC1. The number of para-hydroxylation sites is 1. The molecule has 0 spiro atoms. The van der Waals surface area contributed by atoms with Crippen molar-refractivity contribution in [1.82, 2.24) is 15.1 Å². The van der Waals surface area contributed by atoms with Crippen LogP contribution in [0.2, 0.25) is 5.15 Å². The van der Waals surface area contributed by atoms with Gasteiger partial charge in [0.25, 0.3) is 5.88 Å². The van der Waals surface area contributed by atoms with E-state index < -0.39 is 6.09 Å². The molecule has 1 aliphatic carbocycles. The van der Waals surface area contributed by atoms with Gasteiger partial charge < -0.3 is 14.4 Å². The summed E-state index contributed by atoms with van der Waals surface area (Å²) in [6, 6.07) is 7.56. The molecule has 2 heterocycles. The summed E-state index contributed by atoms with van der Waals surface area (Å²) in [6.45, 7) is 3.39. The van der Waals surface area contributed by atoms with Crippen LogP contribution in [0.1, 0.15) is 49.1 Å². The first-order valence-electron chi connectivity index (χ1n) is 9.39. The zero-order chi connectivity index (χ0) is 18.8. The minimum atomic E-state index is -0.407. The molecule has 1 amide bonds. The monoisotopic (exact) mass is 387 g/mol. The van der Waals surface area contributed by atoms with E-state index in [0.717, 1.165) is 49.0 Å². The lowest BCUT2D eigenvalue weighted by Crippen LogP contribution is -2.37. The summed E-state index contributed by atoms with van der Waals surface area (Å²) < 4.78 is 11.7. The summed E-state index contributed by atoms with van der Waals surface area (Å²) in [6.07, 6.45) is 5.02. The van der Waals surface area contributed by atoms with E-state index in [4.69, 9.17) is 21.1 Å². The minimum Gasteiger partial charge on any atom is -0.434 e. The van der Waals surface area contributed by atoms with Gasteiger partial charge in [-0.15, -0.1) is 10.2 Å². The molecule has 2 aliphatic rings. The fraction of sp³-hybridized carbons (Fsp3) is 0.450. The summed E-state index contributed by atoms with van der Waals surface area (Å²) in [7, 11) is 0. The van der Waals surface area contributed by atoms with Crippen LogP contribution in [-0.4, -0.2) is 34.3 Å². The van der Waals surface area contributed by atoms with E-state index in [-0.39, 0.29) is 16.8 Å². The maximum atomic E-state index is 12.5. The van der Waals surface area contributed by atoms with Crippen LogP contribution in [-0.2, 0) is 0 Å². The van der Waals surface area contributed by atoms with Crippen LogP contribution < -0.4 is 9.47 Å². The third kappa shape index (κ3) is 4.16. The van der Waals surface area contributed by atoms with E-state index in [9.17, 15) is 4.79 Å². The number of hydrogen-bond donors (Lipinski definition) is 0. The summed E-state index contributed by atoms with van der Waals surface area (Å²) in [4.78, 5) is 14.2. The Kier molecular flexibility index (Phi) is 5.16. The first kappa shape index (κ1) is 18.0. The number of hydrogen-bond acceptors (Lipinski definition) is 5. The lowest BCUT2D eigenvalue weighted by molar-refractivity contribution is 0.141. The van der Waals surface area contributed by atoms with Gasteiger partial charge in [-0.25, -0.2) is 4.79 Å². The van der Waals surface area contributed by atoms with Crippen LogP contribution in [0.25, 0.3) is 0 Å². The topological polar surface area (TPSA) is 64.6 Å². The van der Waals surface area contributed by atoms with Crippen molar-refractivity contribution in [2.75, 3.05) is 13.1 Å². The van der Waals surface area contributed by atoms with Crippen molar-refractivity contribution in [1.29, 1.82) is 0 Å². The molecule has 0 bridgehead atoms. The minimum absolute atomic E-state index is 0.149. The first-order valence-corrected chi connectivity index (χ1v) is 9.77. The lowest BCUT2D eigenvalue weighted by atomic mass is 10.1. The van der Waals surface area contributed by atoms with Crippen molar-refractivity contribution in [2.24, 2.45) is 0 Å². The van der Waals surface area contributed by atoms with Crippen LogP contribution in [0.4, 0.5) is 4.79 Å². The van der Waals surface area contributed by atoms with E-state index in [1.165, 1.54) is 6.07 Å². The summed E-state index contributed by atoms with van der Waals surface area (Å²) >= 11 is 5.98. The Morgan fingerprint density at radius 1 is 1.19 bits per heavy atom. The molecule has 0 unspecified atom stereocenters. The van der Waals surface area contributed by atoms with E-state index >= 15 is 0 Å². The number of aromatic nitrogens is 2. The Hall–Kier alpha value is -2.34. The molecule has 4 rings (SSSR count). The van der Waals surface area contributed by atoms with Gasteiger partial charge in [0.2, 0.25) is 0 Å². The van der Waals surface area contributed by atoms with Crippen molar-refractivity contribution in [2.45, 2.75) is 44.9 Å². The van der Waals surface area contributed by atoms with Gasteiger partial charge in [0, 0.05) is 19.2 Å². The van der Waals surface area contributed by atoms with Crippen molar-refractivity contribution in [3.05, 3.63) is 40.5 Å². The summed E-state index contributed by atoms with van der Waals surface area (Å²) in [5.41, 5.74) is 2.16. The number of aryl methyl sites for hydroxylation is 1. The quantitative estimate of drug-likeness (QED) is 0.730. The number of ether oxygens (including phenoxy) is 2. The standard InChI is InChI=1S/C20H22ClN3O3/c1-13-6-5-7-15(14-8-9-14)18(13)27-19-16(12-17(21)22-23-19)26-20(25)24-10-3-2-4-11-24/h5-7,12,14H,2-4,8-11H2,1H3. The molecule has 1 saturated carbocycles. The number of carbonyl (C=O) groups excluding carboxylic acids is 1. The Morgan fingerprint density at radius 2 is 1.96 bits per heavy atom. The van der Waals surface area contributed by atoms with Crippen LogP contribution in [0, 0.1) is 6.92 Å². The number of likely N-dealkylation sites (tertiary alicyclic amines) is 1. The fourth-order valence-electron chi connectivity index (χ4n) is 3.35. The maximum absolute atomic E-state index is 12.5. The van der Waals surface area contributed by atoms with Gasteiger partial charge in [-0.05, 0) is 56.1 Å². The Bertz CT molecular complexity index is 848. The molecule has 1 saturated heterocycles. The normalized spacial score (nSPS) is 16.9. The highest BCUT2D eigenvalue weighted by atomic mass is 35.5. The van der Waals surface area contributed by atoms with Gasteiger partial charge in [0.1, 0.15) is 5.75 Å². The predicted molar refractivity (Wildman–Crippen MR) is 102 cm³/mol. The summed E-state index contributed by atoms with van der Waals surface area (Å²) in [5, 5.41) is 8.04. The maximum Gasteiger partial charge on any atom is 0.415 e. The molecule has 1 aromatic carbocycles. The molecule has 2 fully saturated rings. The molecule has 0 radical (unpaired) electrons. The predicted octanol–water partition coefficient (Wildman–Crippen LogP) is 5.09. The largest absolute Gasteiger partial charge is 0.434 e. The lowest BCUT2D eigenvalue weighted by Gasteiger charge is -2.25. The highest BCUT2D eigenvalue weighted by molar-refractivity contribution is 6.29.